The Morgan fingerprint density at radius 2 is 1.90 bits per heavy atom. The van der Waals surface area contributed by atoms with Gasteiger partial charge in [0.2, 0.25) is 5.91 Å². The van der Waals surface area contributed by atoms with Crippen molar-refractivity contribution in [3.05, 3.63) is 40.9 Å². The van der Waals surface area contributed by atoms with Crippen LogP contribution in [0.2, 0.25) is 5.02 Å². The Labute approximate surface area is 181 Å². The predicted molar refractivity (Wildman–Crippen MR) is 110 cm³/mol. The lowest BCUT2D eigenvalue weighted by atomic mass is 9.96. The number of aliphatic hydroxyl groups excluding tert-OH is 1. The maximum atomic E-state index is 11.1. The van der Waals surface area contributed by atoms with Gasteiger partial charge in [0, 0.05) is 5.56 Å². The summed E-state index contributed by atoms with van der Waals surface area (Å²) in [6.07, 6.45) is -1.18. The highest BCUT2D eigenvalue weighted by molar-refractivity contribution is 6.33. The van der Waals surface area contributed by atoms with E-state index in [1.807, 2.05) is 24.3 Å². The first-order valence-electron chi connectivity index (χ1n) is 10.1. The number of rotatable bonds is 4. The van der Waals surface area contributed by atoms with E-state index in [2.05, 4.69) is 20.3 Å². The quantitative estimate of drug-likeness (QED) is 0.526. The van der Waals surface area contributed by atoms with E-state index >= 15 is 0 Å². The van der Waals surface area contributed by atoms with Crippen LogP contribution in [0, 0.1) is 0 Å². The number of nitrogens with one attached hydrogen (secondary N) is 2. The maximum absolute atomic E-state index is 11.1. The molecule has 5 heterocycles. The van der Waals surface area contributed by atoms with Crippen LogP contribution >= 0.6 is 11.6 Å². The molecule has 10 heteroatoms. The fourth-order valence-corrected chi connectivity index (χ4v) is 4.54. The molecule has 3 fully saturated rings. The monoisotopic (exact) mass is 442 g/mol. The van der Waals surface area contributed by atoms with Gasteiger partial charge in [0.25, 0.3) is 6.01 Å². The zero-order valence-electron chi connectivity index (χ0n) is 16.2. The minimum absolute atomic E-state index is 0.0659. The topological polar surface area (TPSA) is 119 Å². The van der Waals surface area contributed by atoms with Gasteiger partial charge in [0.15, 0.2) is 11.8 Å². The first kappa shape index (κ1) is 19.0. The van der Waals surface area contributed by atoms with Gasteiger partial charge in [-0.25, -0.2) is 4.98 Å². The number of ether oxygens (including phenoxy) is 3. The first-order chi connectivity index (χ1) is 15.0. The number of β-lactam (4-membered cyclic amide) rings is 1. The number of halogens is 1. The molecule has 160 valence electrons. The third kappa shape index (κ3) is 3.25. The molecule has 0 radical (unpaired) electrons. The van der Waals surface area contributed by atoms with Gasteiger partial charge < -0.3 is 29.6 Å². The fourth-order valence-electron chi connectivity index (χ4n) is 4.28. The Kier molecular flexibility index (Phi) is 4.39. The second-order valence-corrected chi connectivity index (χ2v) is 8.40. The second kappa shape index (κ2) is 7.16. The van der Waals surface area contributed by atoms with Crippen LogP contribution in [0.4, 0.5) is 0 Å². The number of fused-ring (bicyclic) bond motifs is 2. The van der Waals surface area contributed by atoms with Gasteiger partial charge in [-0.1, -0.05) is 35.9 Å². The Morgan fingerprint density at radius 1 is 1.13 bits per heavy atom. The van der Waals surface area contributed by atoms with Crippen molar-refractivity contribution in [1.82, 2.24) is 20.3 Å². The minimum atomic E-state index is -0.635. The molecule has 0 spiro atoms. The van der Waals surface area contributed by atoms with Crippen molar-refractivity contribution in [3.63, 3.8) is 0 Å². The van der Waals surface area contributed by atoms with Gasteiger partial charge in [-0.05, 0) is 11.6 Å². The number of imidazole rings is 1. The molecule has 6 rings (SSSR count). The molecule has 9 nitrogen and oxygen atoms in total. The van der Waals surface area contributed by atoms with Crippen LogP contribution in [0.1, 0.15) is 18.0 Å². The number of aromatic nitrogens is 3. The predicted octanol–water partition coefficient (Wildman–Crippen LogP) is 1.75. The van der Waals surface area contributed by atoms with Crippen molar-refractivity contribution < 1.29 is 24.1 Å². The number of carbonyl (C=O) groups is 1. The molecule has 31 heavy (non-hydrogen) atoms. The minimum Gasteiger partial charge on any atom is -0.456 e. The van der Waals surface area contributed by atoms with Crippen LogP contribution in [-0.4, -0.2) is 63.6 Å². The molecule has 3 aliphatic rings. The SMILES string of the molecule is O=C1CC(c2ccc(-c3nc4nc(O[C@@H]5CO[C@H]6[C@@H]5OC[C@H]6O)[nH]c4cc3Cl)cc2)N1. The van der Waals surface area contributed by atoms with Gasteiger partial charge in [0.05, 0.1) is 41.9 Å². The smallest absolute Gasteiger partial charge is 0.296 e. The summed E-state index contributed by atoms with van der Waals surface area (Å²) in [6.45, 7) is 0.554. The number of aliphatic hydroxyl groups is 1. The maximum Gasteiger partial charge on any atom is 0.296 e. The zero-order chi connectivity index (χ0) is 21.1. The fraction of sp³-hybridized carbons (Fsp3) is 0.381. The molecule has 0 bridgehead atoms. The number of aromatic amines is 1. The van der Waals surface area contributed by atoms with Crippen molar-refractivity contribution in [1.29, 1.82) is 0 Å². The molecule has 2 aromatic heterocycles. The third-order valence-electron chi connectivity index (χ3n) is 5.96. The Bertz CT molecular complexity index is 1160. The lowest BCUT2D eigenvalue weighted by Crippen LogP contribution is -2.41. The summed E-state index contributed by atoms with van der Waals surface area (Å²) >= 11 is 6.49. The summed E-state index contributed by atoms with van der Waals surface area (Å²) in [4.78, 5) is 23.3. The molecule has 1 amide bonds. The lowest BCUT2D eigenvalue weighted by Gasteiger charge is -2.27. The molecule has 1 unspecified atom stereocenters. The van der Waals surface area contributed by atoms with Gasteiger partial charge >= 0.3 is 0 Å². The van der Waals surface area contributed by atoms with E-state index in [4.69, 9.17) is 25.8 Å². The highest BCUT2D eigenvalue weighted by Gasteiger charge is 2.48. The summed E-state index contributed by atoms with van der Waals surface area (Å²) in [5.74, 6) is 0.0659. The van der Waals surface area contributed by atoms with Crippen molar-refractivity contribution in [2.45, 2.75) is 36.9 Å². The largest absolute Gasteiger partial charge is 0.456 e. The number of H-pyrrole nitrogens is 1. The molecule has 0 saturated carbocycles. The van der Waals surface area contributed by atoms with Gasteiger partial charge in [-0.3, -0.25) is 4.79 Å². The van der Waals surface area contributed by atoms with Gasteiger partial charge in [-0.15, -0.1) is 0 Å². The number of amides is 1. The van der Waals surface area contributed by atoms with E-state index < -0.39 is 6.10 Å². The zero-order valence-corrected chi connectivity index (χ0v) is 17.0. The number of hydrogen-bond acceptors (Lipinski definition) is 7. The molecule has 0 aliphatic carbocycles. The summed E-state index contributed by atoms with van der Waals surface area (Å²) in [6, 6.07) is 9.93. The van der Waals surface area contributed by atoms with Crippen LogP contribution in [-0.2, 0) is 14.3 Å². The highest BCUT2D eigenvalue weighted by Crippen LogP contribution is 2.33. The molecule has 3 aromatic rings. The van der Waals surface area contributed by atoms with E-state index in [1.54, 1.807) is 6.07 Å². The molecule has 3 aliphatic heterocycles. The summed E-state index contributed by atoms with van der Waals surface area (Å²) in [7, 11) is 0. The molecular formula is C21H19ClN4O5. The average molecular weight is 443 g/mol. The molecule has 3 N–H and O–H groups in total. The highest BCUT2D eigenvalue weighted by atomic mass is 35.5. The third-order valence-corrected chi connectivity index (χ3v) is 6.25. The number of benzene rings is 1. The summed E-state index contributed by atoms with van der Waals surface area (Å²) < 4.78 is 17.1. The van der Waals surface area contributed by atoms with Crippen LogP contribution in [0.25, 0.3) is 22.4 Å². The van der Waals surface area contributed by atoms with E-state index in [0.29, 0.717) is 40.9 Å². The standard InChI is InChI=1S/C21H19ClN4O5/c22-11-5-13-20(25-17(11)10-3-1-9(2-4-10)12-6-16(28)23-12)26-21(24-13)31-15-8-30-18-14(27)7-29-19(15)18/h1-5,12,14-15,18-19,27H,6-8H2,(H,23,28)(H,24,25,26)/t12?,14-,15-,18-,19-/m1/s1. The van der Waals surface area contributed by atoms with Crippen molar-refractivity contribution in [2.75, 3.05) is 13.2 Å². The van der Waals surface area contributed by atoms with E-state index in [-0.39, 0.29) is 36.9 Å². The summed E-state index contributed by atoms with van der Waals surface area (Å²) in [5.41, 5.74) is 3.65. The number of nitrogens with zero attached hydrogens (tertiary/aromatic N) is 2. The Morgan fingerprint density at radius 3 is 2.68 bits per heavy atom. The number of pyridine rings is 1. The Balaban J connectivity index is 1.24. The summed E-state index contributed by atoms with van der Waals surface area (Å²) in [5, 5.41) is 13.2. The normalized spacial score (nSPS) is 29.6. The van der Waals surface area contributed by atoms with Crippen molar-refractivity contribution >= 4 is 28.7 Å². The van der Waals surface area contributed by atoms with Crippen molar-refractivity contribution in [3.8, 4) is 17.3 Å². The van der Waals surface area contributed by atoms with Crippen LogP contribution in [0.3, 0.4) is 0 Å². The van der Waals surface area contributed by atoms with Crippen molar-refractivity contribution in [2.24, 2.45) is 0 Å². The molecule has 1 aromatic carbocycles. The van der Waals surface area contributed by atoms with E-state index in [9.17, 15) is 9.90 Å². The average Bonchev–Trinajstić information content (AvgIpc) is 3.42. The second-order valence-electron chi connectivity index (χ2n) is 8.00. The Hall–Kier alpha value is -2.72. The van der Waals surface area contributed by atoms with E-state index in [0.717, 1.165) is 11.1 Å². The number of carbonyl (C=O) groups excluding carboxylic acids is 1. The van der Waals surface area contributed by atoms with Gasteiger partial charge in [0.1, 0.15) is 18.3 Å². The molecule has 3 saturated heterocycles. The first-order valence-corrected chi connectivity index (χ1v) is 10.5. The van der Waals surface area contributed by atoms with Gasteiger partial charge in [-0.2, -0.15) is 4.98 Å². The number of hydrogen-bond donors (Lipinski definition) is 3. The van der Waals surface area contributed by atoms with E-state index in [1.165, 1.54) is 0 Å². The van der Waals surface area contributed by atoms with Crippen LogP contribution in [0.5, 0.6) is 6.01 Å². The lowest BCUT2D eigenvalue weighted by molar-refractivity contribution is -0.128. The van der Waals surface area contributed by atoms with Crippen LogP contribution in [0.15, 0.2) is 30.3 Å². The molecular weight excluding hydrogens is 424 g/mol. The molecule has 5 atom stereocenters. The van der Waals surface area contributed by atoms with Crippen LogP contribution < -0.4 is 10.1 Å².